The molecule has 0 aromatic heterocycles. The van der Waals surface area contributed by atoms with Gasteiger partial charge in [0.25, 0.3) is 5.91 Å². The van der Waals surface area contributed by atoms with Gasteiger partial charge in [0, 0.05) is 21.8 Å². The maximum absolute atomic E-state index is 12.6. The zero-order valence-electron chi connectivity index (χ0n) is 16.1. The highest BCUT2D eigenvalue weighted by Crippen LogP contribution is 2.35. The van der Waals surface area contributed by atoms with Gasteiger partial charge < -0.3 is 20.3 Å². The summed E-state index contributed by atoms with van der Waals surface area (Å²) in [7, 11) is 0. The lowest BCUT2D eigenvalue weighted by atomic mass is 10.0. The van der Waals surface area contributed by atoms with Gasteiger partial charge in [-0.15, -0.1) is 0 Å². The quantitative estimate of drug-likeness (QED) is 0.343. The number of fused-ring (bicyclic) bond motifs is 2. The zero-order chi connectivity index (χ0) is 21.3. The molecule has 6 nitrogen and oxygen atoms in total. The number of hydrogen-bond donors (Lipinski definition) is 3. The number of anilines is 1. The number of hydrogen-bond acceptors (Lipinski definition) is 5. The molecule has 1 atom stereocenters. The molecule has 30 heavy (non-hydrogen) atoms. The van der Waals surface area contributed by atoms with Crippen molar-refractivity contribution >= 4 is 39.1 Å². The van der Waals surface area contributed by atoms with Gasteiger partial charge in [-0.2, -0.15) is 0 Å². The van der Waals surface area contributed by atoms with Crippen LogP contribution >= 0.6 is 0 Å². The fourth-order valence-electron chi connectivity index (χ4n) is 3.34. The fourth-order valence-corrected chi connectivity index (χ4v) is 3.34. The van der Waals surface area contributed by atoms with Crippen LogP contribution in [0.3, 0.4) is 0 Å². The molecule has 0 aliphatic heterocycles. The second kappa shape index (κ2) is 7.75. The minimum atomic E-state index is -1.12. The summed E-state index contributed by atoms with van der Waals surface area (Å²) in [5.74, 6) is -1.89. The van der Waals surface area contributed by atoms with Gasteiger partial charge in [0.15, 0.2) is 6.10 Å². The molecule has 0 bridgehead atoms. The van der Waals surface area contributed by atoms with Crippen molar-refractivity contribution in [2.24, 2.45) is 0 Å². The van der Waals surface area contributed by atoms with Crippen molar-refractivity contribution in [2.75, 3.05) is 5.32 Å². The molecule has 0 saturated heterocycles. The van der Waals surface area contributed by atoms with E-state index in [4.69, 9.17) is 4.74 Å². The molecule has 0 radical (unpaired) electrons. The molecule has 0 saturated carbocycles. The van der Waals surface area contributed by atoms with E-state index in [-0.39, 0.29) is 17.1 Å². The molecule has 0 unspecified atom stereocenters. The van der Waals surface area contributed by atoms with Gasteiger partial charge in [-0.3, -0.25) is 4.79 Å². The number of ether oxygens (including phenoxy) is 1. The summed E-state index contributed by atoms with van der Waals surface area (Å²) < 4.78 is 5.25. The number of amides is 1. The lowest BCUT2D eigenvalue weighted by molar-refractivity contribution is -0.123. The Morgan fingerprint density at radius 1 is 0.867 bits per heavy atom. The predicted octanol–water partition coefficient (Wildman–Crippen LogP) is 4.59. The summed E-state index contributed by atoms with van der Waals surface area (Å²) >= 11 is 0. The molecule has 4 aromatic rings. The van der Waals surface area contributed by atoms with Crippen LogP contribution in [0.1, 0.15) is 17.3 Å². The summed E-state index contributed by atoms with van der Waals surface area (Å²) in [6.45, 7) is 1.44. The highest BCUT2D eigenvalue weighted by atomic mass is 16.5. The smallest absolute Gasteiger partial charge is 0.342 e. The molecule has 0 aliphatic rings. The lowest BCUT2D eigenvalue weighted by Gasteiger charge is -2.16. The van der Waals surface area contributed by atoms with Gasteiger partial charge >= 0.3 is 5.97 Å². The Balaban J connectivity index is 1.54. The first-order valence-electron chi connectivity index (χ1n) is 9.39. The number of phenolic OH excluding ortho intramolecular Hbond substituents is 2. The normalized spacial score (nSPS) is 11.9. The predicted molar refractivity (Wildman–Crippen MR) is 115 cm³/mol. The summed E-state index contributed by atoms with van der Waals surface area (Å²) in [4.78, 5) is 25.2. The van der Waals surface area contributed by atoms with Crippen LogP contribution in [0.15, 0.2) is 72.8 Å². The minimum Gasteiger partial charge on any atom is -0.507 e. The molecule has 0 fully saturated rings. The Hall–Kier alpha value is -4.06. The molecule has 150 valence electrons. The molecule has 1 amide bonds. The van der Waals surface area contributed by atoms with Gasteiger partial charge in [-0.1, -0.05) is 60.7 Å². The fraction of sp³-hybridized carbons (Fsp3) is 0.0833. The lowest BCUT2D eigenvalue weighted by Crippen LogP contribution is -2.30. The molecular weight excluding hydrogens is 382 g/mol. The molecule has 0 aliphatic carbocycles. The van der Waals surface area contributed by atoms with E-state index in [9.17, 15) is 19.8 Å². The maximum Gasteiger partial charge on any atom is 0.342 e. The van der Waals surface area contributed by atoms with Crippen LogP contribution in [0.2, 0.25) is 0 Å². The van der Waals surface area contributed by atoms with Crippen LogP contribution in [0.5, 0.6) is 11.5 Å². The number of rotatable bonds is 4. The third-order valence-electron chi connectivity index (χ3n) is 4.91. The van der Waals surface area contributed by atoms with Crippen LogP contribution in [0.4, 0.5) is 5.69 Å². The number of aromatic hydroxyl groups is 2. The average Bonchev–Trinajstić information content (AvgIpc) is 2.76. The summed E-state index contributed by atoms with van der Waals surface area (Å²) in [6.07, 6.45) is -1.12. The van der Waals surface area contributed by atoms with E-state index in [1.165, 1.54) is 6.92 Å². The first kappa shape index (κ1) is 19.3. The third-order valence-corrected chi connectivity index (χ3v) is 4.91. The van der Waals surface area contributed by atoms with Crippen molar-refractivity contribution in [2.45, 2.75) is 13.0 Å². The summed E-state index contributed by atoms with van der Waals surface area (Å²) in [5, 5.41) is 25.9. The van der Waals surface area contributed by atoms with Gasteiger partial charge in [-0.05, 0) is 24.4 Å². The van der Waals surface area contributed by atoms with Gasteiger partial charge in [0.1, 0.15) is 17.1 Å². The van der Waals surface area contributed by atoms with E-state index in [1.807, 2.05) is 36.4 Å². The van der Waals surface area contributed by atoms with Crippen molar-refractivity contribution in [3.05, 3.63) is 78.4 Å². The van der Waals surface area contributed by atoms with Gasteiger partial charge in [0.2, 0.25) is 0 Å². The number of carbonyl (C=O) groups excluding carboxylic acids is 2. The second-order valence-electron chi connectivity index (χ2n) is 6.90. The van der Waals surface area contributed by atoms with Crippen molar-refractivity contribution in [3.63, 3.8) is 0 Å². The zero-order valence-corrected chi connectivity index (χ0v) is 16.1. The van der Waals surface area contributed by atoms with E-state index in [1.54, 1.807) is 30.3 Å². The van der Waals surface area contributed by atoms with Crippen LogP contribution in [-0.2, 0) is 9.53 Å². The van der Waals surface area contributed by atoms with Crippen molar-refractivity contribution in [1.29, 1.82) is 0 Å². The first-order valence-corrected chi connectivity index (χ1v) is 9.39. The molecule has 3 N–H and O–H groups in total. The highest BCUT2D eigenvalue weighted by Gasteiger charge is 2.23. The van der Waals surface area contributed by atoms with Crippen molar-refractivity contribution < 1.29 is 24.5 Å². The monoisotopic (exact) mass is 401 g/mol. The average molecular weight is 401 g/mol. The number of esters is 1. The minimum absolute atomic E-state index is 0.164. The number of carbonyl (C=O) groups is 2. The molecule has 0 spiro atoms. The van der Waals surface area contributed by atoms with E-state index in [0.717, 1.165) is 16.8 Å². The van der Waals surface area contributed by atoms with Crippen molar-refractivity contribution in [1.82, 2.24) is 0 Å². The molecule has 4 rings (SSSR count). The number of benzene rings is 4. The van der Waals surface area contributed by atoms with Crippen LogP contribution < -0.4 is 5.32 Å². The van der Waals surface area contributed by atoms with Gasteiger partial charge in [-0.25, -0.2) is 4.79 Å². The Labute approximate surface area is 172 Å². The highest BCUT2D eigenvalue weighted by molar-refractivity contribution is 6.06. The van der Waals surface area contributed by atoms with Crippen LogP contribution in [-0.4, -0.2) is 28.2 Å². The summed E-state index contributed by atoms with van der Waals surface area (Å²) in [6, 6.07) is 20.8. The Morgan fingerprint density at radius 2 is 1.50 bits per heavy atom. The van der Waals surface area contributed by atoms with Crippen molar-refractivity contribution in [3.8, 4) is 11.5 Å². The number of phenols is 2. The van der Waals surface area contributed by atoms with Crippen LogP contribution in [0, 0.1) is 0 Å². The van der Waals surface area contributed by atoms with E-state index in [0.29, 0.717) is 16.5 Å². The third kappa shape index (κ3) is 3.51. The van der Waals surface area contributed by atoms with E-state index in [2.05, 4.69) is 5.32 Å². The SMILES string of the molecule is C[C@H](OC(=O)c1cc(O)c2ccccc2c1O)C(=O)Nc1cccc2ccccc12. The van der Waals surface area contributed by atoms with E-state index >= 15 is 0 Å². The van der Waals surface area contributed by atoms with E-state index < -0.39 is 18.0 Å². The Morgan fingerprint density at radius 3 is 2.27 bits per heavy atom. The Bertz CT molecular complexity index is 1280. The Kier molecular flexibility index (Phi) is 4.98. The molecule has 0 heterocycles. The maximum atomic E-state index is 12.6. The second-order valence-corrected chi connectivity index (χ2v) is 6.90. The summed E-state index contributed by atoms with van der Waals surface area (Å²) in [5.41, 5.74) is 0.392. The van der Waals surface area contributed by atoms with Crippen LogP contribution in [0.25, 0.3) is 21.5 Å². The standard InChI is InChI=1S/C24H19NO5/c1-14(23(28)25-20-12-6-8-15-7-2-3-9-16(15)20)30-24(29)19-13-21(26)17-10-4-5-11-18(17)22(19)27/h2-14,26-27H,1H3,(H,25,28)/t14-/m0/s1. The van der Waals surface area contributed by atoms with Gasteiger partial charge in [0.05, 0.1) is 0 Å². The first-order chi connectivity index (χ1) is 14.5. The number of nitrogens with one attached hydrogen (secondary N) is 1. The molecule has 4 aromatic carbocycles. The molecular formula is C24H19NO5. The largest absolute Gasteiger partial charge is 0.507 e. The molecule has 6 heteroatoms. The topological polar surface area (TPSA) is 95.9 Å².